The second-order valence-electron chi connectivity index (χ2n) is 8.15. The Balaban J connectivity index is 1.50. The Kier molecular flexibility index (Phi) is 8.02. The van der Waals surface area contributed by atoms with Gasteiger partial charge >= 0.3 is 0 Å². The minimum atomic E-state index is 0.743. The van der Waals surface area contributed by atoms with Gasteiger partial charge in [0.2, 0.25) is 0 Å². The third-order valence-corrected chi connectivity index (χ3v) is 5.95. The largest absolute Gasteiger partial charge is 0.159 e. The van der Waals surface area contributed by atoms with E-state index in [9.17, 15) is 0 Å². The summed E-state index contributed by atoms with van der Waals surface area (Å²) < 4.78 is 0. The Bertz CT molecular complexity index is 748. The smallest absolute Gasteiger partial charge is 0.0568 e. The molecule has 2 nitrogen and oxygen atoms in total. The van der Waals surface area contributed by atoms with Crippen LogP contribution in [0.5, 0.6) is 0 Å². The second kappa shape index (κ2) is 10.9. The summed E-state index contributed by atoms with van der Waals surface area (Å²) in [6.45, 7) is 4.51. The normalized spacial score (nSPS) is 20.2. The summed E-state index contributed by atoms with van der Waals surface area (Å²) in [4.78, 5) is 0. The second-order valence-corrected chi connectivity index (χ2v) is 8.15. The lowest BCUT2D eigenvalue weighted by molar-refractivity contribution is 0.308. The average molecular weight is 375 g/mol. The number of rotatable bonds is 8. The quantitative estimate of drug-likeness (QED) is 0.346. The fourth-order valence-corrected chi connectivity index (χ4v) is 4.31. The molecule has 0 aliphatic heterocycles. The van der Waals surface area contributed by atoms with Gasteiger partial charge in [0, 0.05) is 0 Å². The summed E-state index contributed by atoms with van der Waals surface area (Å²) >= 11 is 0. The molecule has 1 saturated carbocycles. The molecule has 0 amide bonds. The van der Waals surface area contributed by atoms with E-state index >= 15 is 0 Å². The van der Waals surface area contributed by atoms with Crippen molar-refractivity contribution < 1.29 is 0 Å². The van der Waals surface area contributed by atoms with Crippen LogP contribution < -0.4 is 0 Å². The molecule has 148 valence electrons. The van der Waals surface area contributed by atoms with Crippen molar-refractivity contribution in [1.29, 1.82) is 0 Å². The van der Waals surface area contributed by atoms with E-state index < -0.39 is 0 Å². The zero-order chi connectivity index (χ0) is 19.6. The summed E-state index contributed by atoms with van der Waals surface area (Å²) in [5.74, 6) is 1.71. The molecule has 1 aliphatic rings. The van der Waals surface area contributed by atoms with E-state index in [0.717, 1.165) is 29.4 Å². The third kappa shape index (κ3) is 6.15. The van der Waals surface area contributed by atoms with Gasteiger partial charge in [0.05, 0.1) is 12.4 Å². The van der Waals surface area contributed by atoms with Crippen LogP contribution in [0.15, 0.2) is 58.7 Å². The molecule has 0 aromatic heterocycles. The summed E-state index contributed by atoms with van der Waals surface area (Å²) in [6.07, 6.45) is 14.2. The van der Waals surface area contributed by atoms with Crippen LogP contribution in [0.2, 0.25) is 0 Å². The molecule has 0 bridgehead atoms. The first-order valence-electron chi connectivity index (χ1n) is 11.0. The van der Waals surface area contributed by atoms with Crippen molar-refractivity contribution in [2.75, 3.05) is 0 Å². The van der Waals surface area contributed by atoms with E-state index in [0.29, 0.717) is 0 Å². The van der Waals surface area contributed by atoms with E-state index in [2.05, 4.69) is 72.6 Å². The Morgan fingerprint density at radius 1 is 0.750 bits per heavy atom. The lowest BCUT2D eigenvalue weighted by atomic mass is 9.77. The first kappa shape index (κ1) is 20.5. The van der Waals surface area contributed by atoms with Gasteiger partial charge in [-0.15, -0.1) is 0 Å². The van der Waals surface area contributed by atoms with Crippen LogP contribution in [-0.2, 0) is 6.42 Å². The molecule has 0 unspecified atom stereocenters. The van der Waals surface area contributed by atoms with Crippen LogP contribution in [-0.4, -0.2) is 12.4 Å². The number of hydrogen-bond donors (Lipinski definition) is 0. The van der Waals surface area contributed by atoms with Crippen LogP contribution >= 0.6 is 0 Å². The van der Waals surface area contributed by atoms with Gasteiger partial charge in [0.1, 0.15) is 0 Å². The molecule has 0 N–H and O–H groups in total. The van der Waals surface area contributed by atoms with Crippen molar-refractivity contribution in [2.24, 2.45) is 16.1 Å². The standard InChI is InChI=1S/C26H34N2/c1-3-5-21-7-9-23(10-8-21)19-27-28-20-24-13-17-26(18-14-24)25-15-11-22(6-4-2)12-16-25/h7-10,13-14,17-20,22,25H,3-6,11-12,15-16H2,1-2H3/b27-19+,28-20+. The predicted molar refractivity (Wildman–Crippen MR) is 122 cm³/mol. The lowest BCUT2D eigenvalue weighted by Crippen LogP contribution is -2.13. The lowest BCUT2D eigenvalue weighted by Gasteiger charge is -2.28. The van der Waals surface area contributed by atoms with Gasteiger partial charge in [-0.1, -0.05) is 81.6 Å². The van der Waals surface area contributed by atoms with Crippen LogP contribution in [0, 0.1) is 5.92 Å². The van der Waals surface area contributed by atoms with Gasteiger partial charge in [-0.3, -0.25) is 0 Å². The third-order valence-electron chi connectivity index (χ3n) is 5.95. The molecule has 2 aromatic rings. The molecule has 28 heavy (non-hydrogen) atoms. The number of nitrogens with zero attached hydrogens (tertiary/aromatic N) is 2. The molecule has 1 aliphatic carbocycles. The first-order valence-corrected chi connectivity index (χ1v) is 11.0. The number of aryl methyl sites for hydroxylation is 1. The molecular weight excluding hydrogens is 340 g/mol. The van der Waals surface area contributed by atoms with E-state index in [1.54, 1.807) is 0 Å². The van der Waals surface area contributed by atoms with Gasteiger partial charge in [-0.2, -0.15) is 10.2 Å². The summed E-state index contributed by atoms with van der Waals surface area (Å²) in [7, 11) is 0. The minimum absolute atomic E-state index is 0.743. The first-order chi connectivity index (χ1) is 13.8. The Morgan fingerprint density at radius 3 is 1.86 bits per heavy atom. The molecular formula is C26H34N2. The minimum Gasteiger partial charge on any atom is -0.159 e. The van der Waals surface area contributed by atoms with Crippen molar-refractivity contribution in [1.82, 2.24) is 0 Å². The van der Waals surface area contributed by atoms with E-state index in [1.165, 1.54) is 56.1 Å². The fraction of sp³-hybridized carbons (Fsp3) is 0.462. The summed E-state index contributed by atoms with van der Waals surface area (Å²) in [6, 6.07) is 17.5. The van der Waals surface area contributed by atoms with Gasteiger partial charge in [-0.05, 0) is 66.2 Å². The molecule has 0 radical (unpaired) electrons. The van der Waals surface area contributed by atoms with Crippen LogP contribution in [0.25, 0.3) is 0 Å². The molecule has 2 heteroatoms. The van der Waals surface area contributed by atoms with Gasteiger partial charge in [0.25, 0.3) is 0 Å². The SMILES string of the molecule is CCCc1ccc(/C=N/N=C/c2ccc(C3CCC(CCC)CC3)cc2)cc1. The van der Waals surface area contributed by atoms with Gasteiger partial charge < -0.3 is 0 Å². The van der Waals surface area contributed by atoms with E-state index in [4.69, 9.17) is 0 Å². The van der Waals surface area contributed by atoms with Gasteiger partial charge in [0.15, 0.2) is 0 Å². The van der Waals surface area contributed by atoms with Gasteiger partial charge in [-0.25, -0.2) is 0 Å². The molecule has 0 atom stereocenters. The maximum Gasteiger partial charge on any atom is 0.0568 e. The Labute approximate surface area is 170 Å². The van der Waals surface area contributed by atoms with Crippen LogP contribution in [0.4, 0.5) is 0 Å². The Hall–Kier alpha value is -2.22. The monoisotopic (exact) mass is 374 g/mol. The molecule has 0 saturated heterocycles. The van der Waals surface area contributed by atoms with Crippen molar-refractivity contribution in [3.05, 3.63) is 70.8 Å². The zero-order valence-electron chi connectivity index (χ0n) is 17.5. The number of hydrogen-bond acceptors (Lipinski definition) is 2. The van der Waals surface area contributed by atoms with E-state index in [1.807, 2.05) is 12.4 Å². The highest BCUT2D eigenvalue weighted by Gasteiger charge is 2.21. The Morgan fingerprint density at radius 2 is 1.32 bits per heavy atom. The maximum atomic E-state index is 4.21. The molecule has 0 heterocycles. The summed E-state index contributed by atoms with van der Waals surface area (Å²) in [5, 5.41) is 8.41. The van der Waals surface area contributed by atoms with E-state index in [-0.39, 0.29) is 0 Å². The van der Waals surface area contributed by atoms with Crippen molar-refractivity contribution >= 4 is 12.4 Å². The fourth-order valence-electron chi connectivity index (χ4n) is 4.31. The highest BCUT2D eigenvalue weighted by molar-refractivity contribution is 5.82. The topological polar surface area (TPSA) is 24.7 Å². The van der Waals surface area contributed by atoms with Crippen LogP contribution in [0.1, 0.15) is 87.0 Å². The summed E-state index contributed by atoms with van der Waals surface area (Å²) in [5.41, 5.74) is 5.06. The maximum absolute atomic E-state index is 4.21. The zero-order valence-corrected chi connectivity index (χ0v) is 17.5. The number of benzene rings is 2. The molecule has 0 spiro atoms. The molecule has 1 fully saturated rings. The van der Waals surface area contributed by atoms with Crippen molar-refractivity contribution in [2.45, 2.75) is 71.1 Å². The highest BCUT2D eigenvalue weighted by Crippen LogP contribution is 2.37. The highest BCUT2D eigenvalue weighted by atomic mass is 15.2. The average Bonchev–Trinajstić information content (AvgIpc) is 2.74. The molecule has 3 rings (SSSR count). The predicted octanol–water partition coefficient (Wildman–Crippen LogP) is 7.17. The van der Waals surface area contributed by atoms with Crippen molar-refractivity contribution in [3.63, 3.8) is 0 Å². The van der Waals surface area contributed by atoms with Crippen molar-refractivity contribution in [3.8, 4) is 0 Å². The van der Waals surface area contributed by atoms with Crippen LogP contribution in [0.3, 0.4) is 0 Å². The molecule has 2 aromatic carbocycles.